The lowest BCUT2D eigenvalue weighted by atomic mass is 10.1. The van der Waals surface area contributed by atoms with Gasteiger partial charge in [0.25, 0.3) is 0 Å². The predicted molar refractivity (Wildman–Crippen MR) is 84.3 cm³/mol. The molecule has 0 aliphatic carbocycles. The van der Waals surface area contributed by atoms with Crippen LogP contribution in [-0.4, -0.2) is 13.6 Å². The molecule has 1 aromatic heterocycles. The molecule has 1 heterocycles. The van der Waals surface area contributed by atoms with E-state index in [0.29, 0.717) is 0 Å². The molecule has 0 amide bonds. The molecule has 0 saturated heterocycles. The Hall–Kier alpha value is -1.45. The zero-order valence-corrected chi connectivity index (χ0v) is 12.8. The SMILES string of the molecule is CCCNCc1cc(Cl)ccc1N(C)Cc1ccoc1. The van der Waals surface area contributed by atoms with Gasteiger partial charge in [0, 0.05) is 36.4 Å². The number of nitrogens with zero attached hydrogens (tertiary/aromatic N) is 1. The number of hydrogen-bond acceptors (Lipinski definition) is 3. The molecule has 0 aliphatic rings. The summed E-state index contributed by atoms with van der Waals surface area (Å²) in [6, 6.07) is 8.03. The highest BCUT2D eigenvalue weighted by molar-refractivity contribution is 6.30. The second kappa shape index (κ2) is 7.36. The van der Waals surface area contributed by atoms with Crippen LogP contribution in [0, 0.1) is 0 Å². The fourth-order valence-corrected chi connectivity index (χ4v) is 2.40. The van der Waals surface area contributed by atoms with Gasteiger partial charge in [-0.25, -0.2) is 0 Å². The van der Waals surface area contributed by atoms with Crippen LogP contribution in [0.3, 0.4) is 0 Å². The summed E-state index contributed by atoms with van der Waals surface area (Å²) in [6.07, 6.45) is 4.61. The molecule has 0 bridgehead atoms. The second-order valence-electron chi connectivity index (χ2n) is 4.94. The third-order valence-electron chi connectivity index (χ3n) is 3.19. The molecule has 20 heavy (non-hydrogen) atoms. The maximum absolute atomic E-state index is 6.12. The van der Waals surface area contributed by atoms with Crippen LogP contribution >= 0.6 is 11.6 Å². The molecule has 1 N–H and O–H groups in total. The van der Waals surface area contributed by atoms with Crippen molar-refractivity contribution in [2.24, 2.45) is 0 Å². The Balaban J connectivity index is 2.12. The van der Waals surface area contributed by atoms with Crippen LogP contribution in [0.5, 0.6) is 0 Å². The highest BCUT2D eigenvalue weighted by Crippen LogP contribution is 2.25. The van der Waals surface area contributed by atoms with Gasteiger partial charge >= 0.3 is 0 Å². The average Bonchev–Trinajstić information content (AvgIpc) is 2.92. The Bertz CT molecular complexity index is 525. The van der Waals surface area contributed by atoms with Gasteiger partial charge in [-0.2, -0.15) is 0 Å². The largest absolute Gasteiger partial charge is 0.472 e. The second-order valence-corrected chi connectivity index (χ2v) is 5.37. The number of furan rings is 1. The summed E-state index contributed by atoms with van der Waals surface area (Å²) in [5.41, 5.74) is 3.58. The van der Waals surface area contributed by atoms with Crippen molar-refractivity contribution in [2.45, 2.75) is 26.4 Å². The Morgan fingerprint density at radius 3 is 2.85 bits per heavy atom. The number of halogens is 1. The highest BCUT2D eigenvalue weighted by Gasteiger charge is 2.09. The van der Waals surface area contributed by atoms with Crippen molar-refractivity contribution in [2.75, 3.05) is 18.5 Å². The van der Waals surface area contributed by atoms with Crippen molar-refractivity contribution in [3.05, 3.63) is 52.9 Å². The van der Waals surface area contributed by atoms with Crippen molar-refractivity contribution in [3.63, 3.8) is 0 Å². The van der Waals surface area contributed by atoms with Crippen LogP contribution < -0.4 is 10.2 Å². The van der Waals surface area contributed by atoms with E-state index in [1.54, 1.807) is 12.5 Å². The number of rotatable bonds is 7. The minimum Gasteiger partial charge on any atom is -0.472 e. The summed E-state index contributed by atoms with van der Waals surface area (Å²) in [7, 11) is 2.08. The van der Waals surface area contributed by atoms with Gasteiger partial charge in [-0.3, -0.25) is 0 Å². The first kappa shape index (κ1) is 14.9. The van der Waals surface area contributed by atoms with Crippen LogP contribution in [0.1, 0.15) is 24.5 Å². The monoisotopic (exact) mass is 292 g/mol. The van der Waals surface area contributed by atoms with E-state index in [9.17, 15) is 0 Å². The average molecular weight is 293 g/mol. The zero-order valence-electron chi connectivity index (χ0n) is 12.0. The maximum Gasteiger partial charge on any atom is 0.0952 e. The molecular weight excluding hydrogens is 272 g/mol. The molecule has 0 atom stereocenters. The van der Waals surface area contributed by atoms with E-state index in [-0.39, 0.29) is 0 Å². The Labute approximate surface area is 125 Å². The van der Waals surface area contributed by atoms with E-state index < -0.39 is 0 Å². The first-order valence-electron chi connectivity index (χ1n) is 6.92. The first-order chi connectivity index (χ1) is 9.70. The molecule has 0 unspecified atom stereocenters. The van der Waals surface area contributed by atoms with Crippen LogP contribution in [-0.2, 0) is 13.1 Å². The topological polar surface area (TPSA) is 28.4 Å². The lowest BCUT2D eigenvalue weighted by Gasteiger charge is -2.22. The van der Waals surface area contributed by atoms with Crippen molar-refractivity contribution in [3.8, 4) is 0 Å². The van der Waals surface area contributed by atoms with Crippen molar-refractivity contribution in [1.82, 2.24) is 5.32 Å². The fraction of sp³-hybridized carbons (Fsp3) is 0.375. The van der Waals surface area contributed by atoms with E-state index in [4.69, 9.17) is 16.0 Å². The van der Waals surface area contributed by atoms with E-state index >= 15 is 0 Å². The molecule has 0 aliphatic heterocycles. The molecule has 0 saturated carbocycles. The molecule has 2 aromatic rings. The third kappa shape index (κ3) is 4.02. The van der Waals surface area contributed by atoms with Crippen LogP contribution in [0.25, 0.3) is 0 Å². The molecule has 0 radical (unpaired) electrons. The van der Waals surface area contributed by atoms with Gasteiger partial charge in [-0.15, -0.1) is 0 Å². The van der Waals surface area contributed by atoms with Gasteiger partial charge < -0.3 is 14.6 Å². The predicted octanol–water partition coefficient (Wildman–Crippen LogP) is 4.07. The number of nitrogens with one attached hydrogen (secondary N) is 1. The lowest BCUT2D eigenvalue weighted by molar-refractivity contribution is 0.563. The van der Waals surface area contributed by atoms with Crippen molar-refractivity contribution < 1.29 is 4.42 Å². The molecule has 3 nitrogen and oxygen atoms in total. The Morgan fingerprint density at radius 2 is 2.15 bits per heavy atom. The Kier molecular flexibility index (Phi) is 5.50. The zero-order chi connectivity index (χ0) is 14.4. The molecular formula is C16H21ClN2O. The molecule has 108 valence electrons. The molecule has 4 heteroatoms. The maximum atomic E-state index is 6.12. The van der Waals surface area contributed by atoms with Gasteiger partial charge in [0.05, 0.1) is 12.5 Å². The van der Waals surface area contributed by atoms with Crippen molar-refractivity contribution in [1.29, 1.82) is 0 Å². The van der Waals surface area contributed by atoms with Crippen molar-refractivity contribution >= 4 is 17.3 Å². The summed E-state index contributed by atoms with van der Waals surface area (Å²) in [6.45, 7) is 4.83. The van der Waals surface area contributed by atoms with Gasteiger partial charge in [-0.05, 0) is 42.8 Å². The summed E-state index contributed by atoms with van der Waals surface area (Å²) >= 11 is 6.12. The summed E-state index contributed by atoms with van der Waals surface area (Å²) in [4.78, 5) is 2.21. The summed E-state index contributed by atoms with van der Waals surface area (Å²) in [5.74, 6) is 0. The number of benzene rings is 1. The van der Waals surface area contributed by atoms with E-state index in [1.807, 2.05) is 18.2 Å². The number of anilines is 1. The first-order valence-corrected chi connectivity index (χ1v) is 7.30. The minimum absolute atomic E-state index is 0.777. The molecule has 0 fully saturated rings. The summed E-state index contributed by atoms with van der Waals surface area (Å²) in [5, 5.41) is 4.21. The highest BCUT2D eigenvalue weighted by atomic mass is 35.5. The quantitative estimate of drug-likeness (QED) is 0.780. The van der Waals surface area contributed by atoms with Crippen LogP contribution in [0.2, 0.25) is 5.02 Å². The minimum atomic E-state index is 0.777. The van der Waals surface area contributed by atoms with Gasteiger partial charge in [0.15, 0.2) is 0 Å². The fourth-order valence-electron chi connectivity index (χ4n) is 2.21. The third-order valence-corrected chi connectivity index (χ3v) is 3.43. The Morgan fingerprint density at radius 1 is 1.30 bits per heavy atom. The smallest absolute Gasteiger partial charge is 0.0952 e. The molecule has 2 rings (SSSR count). The standard InChI is InChI=1S/C16H21ClN2O/c1-3-7-18-10-14-9-15(17)4-5-16(14)19(2)11-13-6-8-20-12-13/h4-6,8-9,12,18H,3,7,10-11H2,1-2H3. The lowest BCUT2D eigenvalue weighted by Crippen LogP contribution is -2.21. The van der Waals surface area contributed by atoms with E-state index in [2.05, 4.69) is 30.3 Å². The molecule has 1 aromatic carbocycles. The number of hydrogen-bond donors (Lipinski definition) is 1. The van der Waals surface area contributed by atoms with Crippen LogP contribution in [0.4, 0.5) is 5.69 Å². The van der Waals surface area contributed by atoms with Gasteiger partial charge in [0.1, 0.15) is 0 Å². The summed E-state index contributed by atoms with van der Waals surface area (Å²) < 4.78 is 5.12. The van der Waals surface area contributed by atoms with Gasteiger partial charge in [-0.1, -0.05) is 18.5 Å². The van der Waals surface area contributed by atoms with E-state index in [1.165, 1.54) is 11.3 Å². The molecule has 0 spiro atoms. The van der Waals surface area contributed by atoms with Crippen LogP contribution in [0.15, 0.2) is 41.2 Å². The van der Waals surface area contributed by atoms with Gasteiger partial charge in [0.2, 0.25) is 0 Å². The normalized spacial score (nSPS) is 10.8. The van der Waals surface area contributed by atoms with E-state index in [0.717, 1.165) is 36.6 Å².